The van der Waals surface area contributed by atoms with Crippen LogP contribution in [0.15, 0.2) is 24.3 Å². The molecule has 188 valence electrons. The summed E-state index contributed by atoms with van der Waals surface area (Å²) in [4.78, 5) is 20.6. The number of hydrogen-bond acceptors (Lipinski definition) is 10. The maximum absolute atomic E-state index is 12.9. The largest absolute Gasteiger partial charge is 0.534 e. The van der Waals surface area contributed by atoms with Crippen molar-refractivity contribution in [1.29, 1.82) is 0 Å². The molecule has 15 heteroatoms. The summed E-state index contributed by atoms with van der Waals surface area (Å²) in [6.45, 7) is 6.03. The summed E-state index contributed by atoms with van der Waals surface area (Å²) < 4.78 is 86.7. The Morgan fingerprint density at radius 2 is 1.59 bits per heavy atom. The molecule has 0 atom stereocenters. The van der Waals surface area contributed by atoms with Crippen molar-refractivity contribution < 1.29 is 49.5 Å². The van der Waals surface area contributed by atoms with Crippen LogP contribution in [-0.2, 0) is 14.9 Å². The molecule has 0 aliphatic rings. The van der Waals surface area contributed by atoms with Gasteiger partial charge in [-0.15, -0.1) is 0 Å². The number of rotatable bonds is 10. The highest BCUT2D eigenvalue weighted by molar-refractivity contribution is 7.88. The zero-order valence-corrected chi connectivity index (χ0v) is 20.7. The van der Waals surface area contributed by atoms with Gasteiger partial charge < -0.3 is 23.1 Å². The van der Waals surface area contributed by atoms with E-state index in [1.165, 1.54) is 26.4 Å². The van der Waals surface area contributed by atoms with Gasteiger partial charge in [0.25, 0.3) is 0 Å². The van der Waals surface area contributed by atoms with Gasteiger partial charge in [-0.3, -0.25) is 0 Å². The molecule has 0 radical (unpaired) electrons. The molecule has 0 aliphatic carbocycles. The number of benzene rings is 1. The van der Waals surface area contributed by atoms with Crippen molar-refractivity contribution in [2.75, 3.05) is 20.8 Å². The maximum Gasteiger partial charge on any atom is 0.534 e. The number of esters is 1. The zero-order chi connectivity index (χ0) is 25.7. The van der Waals surface area contributed by atoms with E-state index in [9.17, 15) is 26.4 Å². The Labute approximate surface area is 195 Å². The summed E-state index contributed by atoms with van der Waals surface area (Å²) in [5, 5.41) is 0. The molecule has 0 amide bonds. The molecular formula is C19H23F3N2O8SSi. The summed E-state index contributed by atoms with van der Waals surface area (Å²) in [6, 6.07) is 4.63. The van der Waals surface area contributed by atoms with Crippen molar-refractivity contribution in [2.45, 2.75) is 31.2 Å². The normalized spacial score (nSPS) is 12.1. The summed E-state index contributed by atoms with van der Waals surface area (Å²) in [5.74, 6) is -2.47. The number of alkyl halides is 3. The molecule has 10 nitrogen and oxygen atoms in total. The molecule has 0 saturated carbocycles. The van der Waals surface area contributed by atoms with Crippen LogP contribution in [0.4, 0.5) is 13.2 Å². The van der Waals surface area contributed by atoms with Crippen LogP contribution in [0.25, 0.3) is 0 Å². The molecular weight excluding hydrogens is 501 g/mol. The first-order valence-electron chi connectivity index (χ1n) is 9.62. The molecule has 1 heterocycles. The van der Waals surface area contributed by atoms with E-state index in [-0.39, 0.29) is 18.4 Å². The van der Waals surface area contributed by atoms with E-state index < -0.39 is 52.7 Å². The third kappa shape index (κ3) is 7.21. The number of ether oxygens (including phenoxy) is 4. The van der Waals surface area contributed by atoms with E-state index >= 15 is 0 Å². The average molecular weight is 525 g/mol. The highest BCUT2D eigenvalue weighted by atomic mass is 32.2. The van der Waals surface area contributed by atoms with E-state index in [2.05, 4.69) is 14.2 Å². The minimum Gasteiger partial charge on any atom is -0.481 e. The lowest BCUT2D eigenvalue weighted by Gasteiger charge is -2.18. The van der Waals surface area contributed by atoms with Crippen LogP contribution in [0.3, 0.4) is 0 Å². The molecule has 0 N–H and O–H groups in total. The first kappa shape index (κ1) is 27.2. The van der Waals surface area contributed by atoms with Gasteiger partial charge in [0.15, 0.2) is 5.75 Å². The predicted octanol–water partition coefficient (Wildman–Crippen LogP) is 4.01. The van der Waals surface area contributed by atoms with Gasteiger partial charge in [0.2, 0.25) is 11.8 Å². The SMILES string of the molecule is COc1cc(OC)nc(Oc2cccc(OS(=O)(=O)C(F)(F)F)c2C(=O)OCC[Si](C)(C)C)n1. The lowest BCUT2D eigenvalue weighted by molar-refractivity contribution is -0.0500. The quantitative estimate of drug-likeness (QED) is 0.195. The number of aromatic nitrogens is 2. The number of hydrogen-bond donors (Lipinski definition) is 0. The highest BCUT2D eigenvalue weighted by Gasteiger charge is 2.49. The van der Waals surface area contributed by atoms with Gasteiger partial charge in [0, 0.05) is 8.07 Å². The van der Waals surface area contributed by atoms with Gasteiger partial charge in [-0.2, -0.15) is 31.6 Å². The Morgan fingerprint density at radius 3 is 2.09 bits per heavy atom. The van der Waals surface area contributed by atoms with E-state index in [0.29, 0.717) is 6.04 Å². The molecule has 0 aliphatic heterocycles. The number of carbonyl (C=O) groups is 1. The van der Waals surface area contributed by atoms with Crippen LogP contribution in [-0.4, -0.2) is 58.8 Å². The van der Waals surface area contributed by atoms with Crippen molar-refractivity contribution in [2.24, 2.45) is 0 Å². The fourth-order valence-electron chi connectivity index (χ4n) is 2.29. The highest BCUT2D eigenvalue weighted by Crippen LogP contribution is 2.36. The predicted molar refractivity (Wildman–Crippen MR) is 116 cm³/mol. The third-order valence-electron chi connectivity index (χ3n) is 4.04. The van der Waals surface area contributed by atoms with Crippen LogP contribution in [0.5, 0.6) is 29.3 Å². The van der Waals surface area contributed by atoms with Crippen molar-refractivity contribution in [3.8, 4) is 29.3 Å². The molecule has 0 unspecified atom stereocenters. The fraction of sp³-hybridized carbons (Fsp3) is 0.421. The average Bonchev–Trinajstić information content (AvgIpc) is 2.71. The summed E-state index contributed by atoms with van der Waals surface area (Å²) in [5.41, 5.74) is -6.43. The van der Waals surface area contributed by atoms with E-state index in [4.69, 9.17) is 18.9 Å². The van der Waals surface area contributed by atoms with Gasteiger partial charge in [0.1, 0.15) is 11.3 Å². The van der Waals surface area contributed by atoms with Gasteiger partial charge >= 0.3 is 27.6 Å². The van der Waals surface area contributed by atoms with Gasteiger partial charge in [-0.05, 0) is 18.2 Å². The second-order valence-electron chi connectivity index (χ2n) is 7.90. The van der Waals surface area contributed by atoms with Gasteiger partial charge in [-0.1, -0.05) is 25.7 Å². The van der Waals surface area contributed by atoms with Crippen LogP contribution < -0.4 is 18.4 Å². The zero-order valence-electron chi connectivity index (χ0n) is 18.9. The molecule has 2 rings (SSSR count). The Bertz CT molecular complexity index is 1120. The van der Waals surface area contributed by atoms with Gasteiger partial charge in [0.05, 0.1) is 26.9 Å². The van der Waals surface area contributed by atoms with E-state index in [0.717, 1.165) is 12.1 Å². The standard InChI is InChI=1S/C19H23F3N2O8SSi/c1-28-14-11-15(29-2)24-18(23-14)31-12-7-6-8-13(32-33(26,27)19(20,21)22)16(12)17(25)30-9-10-34(3,4)5/h6-8,11H,9-10H2,1-5H3. The molecule has 1 aromatic carbocycles. The number of methoxy groups -OCH3 is 2. The number of carbonyl (C=O) groups excluding carboxylic acids is 1. The number of halogens is 3. The monoisotopic (exact) mass is 524 g/mol. The van der Waals surface area contributed by atoms with Crippen LogP contribution >= 0.6 is 0 Å². The number of nitrogens with zero attached hydrogens (tertiary/aromatic N) is 2. The summed E-state index contributed by atoms with van der Waals surface area (Å²) >= 11 is 0. The van der Waals surface area contributed by atoms with E-state index in [1.807, 2.05) is 19.6 Å². The van der Waals surface area contributed by atoms with Crippen molar-refractivity contribution in [1.82, 2.24) is 9.97 Å². The first-order valence-corrected chi connectivity index (χ1v) is 14.7. The molecule has 0 spiro atoms. The minimum atomic E-state index is -6.09. The second-order valence-corrected chi connectivity index (χ2v) is 15.1. The van der Waals surface area contributed by atoms with Crippen LogP contribution in [0.2, 0.25) is 25.7 Å². The lowest BCUT2D eigenvalue weighted by Crippen LogP contribution is -2.29. The minimum absolute atomic E-state index is 0.0215. The molecule has 0 fully saturated rings. The summed E-state index contributed by atoms with van der Waals surface area (Å²) in [6.07, 6.45) is 0. The lowest BCUT2D eigenvalue weighted by atomic mass is 10.2. The molecule has 1 aromatic heterocycles. The Hall–Kier alpha value is -3.07. The molecule has 34 heavy (non-hydrogen) atoms. The fourth-order valence-corrected chi connectivity index (χ4v) is 3.48. The molecule has 2 aromatic rings. The van der Waals surface area contributed by atoms with Crippen LogP contribution in [0.1, 0.15) is 10.4 Å². The Kier molecular flexibility index (Phi) is 8.36. The van der Waals surface area contributed by atoms with E-state index in [1.54, 1.807) is 0 Å². The first-order chi connectivity index (χ1) is 15.7. The van der Waals surface area contributed by atoms with Gasteiger partial charge in [-0.25, -0.2) is 4.79 Å². The van der Waals surface area contributed by atoms with Crippen molar-refractivity contribution in [3.05, 3.63) is 29.8 Å². The maximum atomic E-state index is 12.9. The van der Waals surface area contributed by atoms with Crippen LogP contribution in [0, 0.1) is 0 Å². The van der Waals surface area contributed by atoms with Crippen molar-refractivity contribution in [3.63, 3.8) is 0 Å². The summed E-state index contributed by atoms with van der Waals surface area (Å²) in [7, 11) is -5.10. The smallest absolute Gasteiger partial charge is 0.481 e. The molecule has 0 bridgehead atoms. The second kappa shape index (κ2) is 10.5. The topological polar surface area (TPSA) is 123 Å². The Morgan fingerprint density at radius 1 is 1.03 bits per heavy atom. The third-order valence-corrected chi connectivity index (χ3v) is 6.71. The van der Waals surface area contributed by atoms with Crippen molar-refractivity contribution >= 4 is 24.2 Å². The molecule has 0 saturated heterocycles. The Balaban J connectivity index is 2.52.